The average Bonchev–Trinajstić information content (AvgIpc) is 2.82. The molecular formula is C19H26FNO3. The first-order valence-corrected chi connectivity index (χ1v) is 8.73. The minimum atomic E-state index is -0.478. The number of carbonyl (C=O) groups is 1. The first kappa shape index (κ1) is 17.1. The summed E-state index contributed by atoms with van der Waals surface area (Å²) in [5.74, 6) is 0.691. The van der Waals surface area contributed by atoms with E-state index in [0.29, 0.717) is 24.3 Å². The third kappa shape index (κ3) is 3.82. The van der Waals surface area contributed by atoms with Crippen LogP contribution in [0.5, 0.6) is 5.75 Å². The lowest BCUT2D eigenvalue weighted by Gasteiger charge is -2.40. The highest BCUT2D eigenvalue weighted by atomic mass is 19.1. The average molecular weight is 335 g/mol. The van der Waals surface area contributed by atoms with E-state index in [2.05, 4.69) is 0 Å². The van der Waals surface area contributed by atoms with Gasteiger partial charge in [0, 0.05) is 18.0 Å². The van der Waals surface area contributed by atoms with Crippen LogP contribution in [0.1, 0.15) is 46.5 Å². The van der Waals surface area contributed by atoms with E-state index in [1.165, 1.54) is 12.1 Å². The van der Waals surface area contributed by atoms with Gasteiger partial charge in [0.15, 0.2) is 0 Å². The molecule has 0 aromatic heterocycles. The van der Waals surface area contributed by atoms with Gasteiger partial charge >= 0.3 is 6.09 Å². The number of ether oxygens (including phenoxy) is 2. The van der Waals surface area contributed by atoms with Crippen molar-refractivity contribution in [3.8, 4) is 5.75 Å². The lowest BCUT2D eigenvalue weighted by Crippen LogP contribution is -2.51. The van der Waals surface area contributed by atoms with Gasteiger partial charge in [0.05, 0.1) is 6.61 Å². The minimum Gasteiger partial charge on any atom is -0.493 e. The van der Waals surface area contributed by atoms with Crippen molar-refractivity contribution in [3.05, 3.63) is 30.1 Å². The second kappa shape index (κ2) is 6.61. The lowest BCUT2D eigenvalue weighted by atomic mass is 9.91. The fraction of sp³-hybridized carbons (Fsp3) is 0.632. The maximum atomic E-state index is 13.0. The normalized spacial score (nSPS) is 26.3. The van der Waals surface area contributed by atoms with Crippen molar-refractivity contribution in [2.75, 3.05) is 6.61 Å². The zero-order valence-corrected chi connectivity index (χ0v) is 14.6. The van der Waals surface area contributed by atoms with Gasteiger partial charge in [-0.15, -0.1) is 0 Å². The molecule has 2 fully saturated rings. The topological polar surface area (TPSA) is 38.8 Å². The Morgan fingerprint density at radius 3 is 2.50 bits per heavy atom. The van der Waals surface area contributed by atoms with Crippen molar-refractivity contribution >= 4 is 6.09 Å². The summed E-state index contributed by atoms with van der Waals surface area (Å²) in [5.41, 5.74) is -0.478. The van der Waals surface area contributed by atoms with Crippen LogP contribution in [0.15, 0.2) is 24.3 Å². The molecule has 0 radical (unpaired) electrons. The molecule has 0 aliphatic carbocycles. The Labute approximate surface area is 142 Å². The van der Waals surface area contributed by atoms with E-state index in [1.807, 2.05) is 25.7 Å². The Morgan fingerprint density at radius 1 is 1.17 bits per heavy atom. The molecular weight excluding hydrogens is 309 g/mol. The van der Waals surface area contributed by atoms with Gasteiger partial charge in [-0.1, -0.05) is 0 Å². The quantitative estimate of drug-likeness (QED) is 0.823. The smallest absolute Gasteiger partial charge is 0.410 e. The molecule has 0 spiro atoms. The highest BCUT2D eigenvalue weighted by Crippen LogP contribution is 2.40. The molecule has 132 valence electrons. The maximum absolute atomic E-state index is 13.0. The van der Waals surface area contributed by atoms with Crippen LogP contribution in [0.4, 0.5) is 9.18 Å². The molecule has 2 aliphatic heterocycles. The van der Waals surface area contributed by atoms with Gasteiger partial charge in [-0.2, -0.15) is 0 Å². The molecule has 4 nitrogen and oxygen atoms in total. The van der Waals surface area contributed by atoms with Crippen molar-refractivity contribution in [1.82, 2.24) is 4.90 Å². The van der Waals surface area contributed by atoms with Crippen LogP contribution in [0, 0.1) is 11.7 Å². The maximum Gasteiger partial charge on any atom is 0.410 e. The number of hydrogen-bond acceptors (Lipinski definition) is 3. The van der Waals surface area contributed by atoms with E-state index in [1.54, 1.807) is 12.1 Å². The highest BCUT2D eigenvalue weighted by Gasteiger charge is 2.46. The molecule has 2 unspecified atom stereocenters. The minimum absolute atomic E-state index is 0.180. The number of rotatable bonds is 3. The Bertz CT molecular complexity index is 581. The Morgan fingerprint density at radius 2 is 1.83 bits per heavy atom. The van der Waals surface area contributed by atoms with Gasteiger partial charge in [-0.05, 0) is 70.7 Å². The fourth-order valence-electron chi connectivity index (χ4n) is 3.78. The number of fused-ring (bicyclic) bond motifs is 2. The van der Waals surface area contributed by atoms with Crippen molar-refractivity contribution < 1.29 is 18.7 Å². The second-order valence-electron chi connectivity index (χ2n) is 7.79. The predicted octanol–water partition coefficient (Wildman–Crippen LogP) is 4.38. The molecule has 2 aliphatic rings. The Hall–Kier alpha value is -1.78. The van der Waals surface area contributed by atoms with Crippen LogP contribution in [0.3, 0.4) is 0 Å². The molecule has 0 saturated carbocycles. The number of amides is 1. The van der Waals surface area contributed by atoms with Crippen LogP contribution in [-0.4, -0.2) is 35.3 Å². The van der Waals surface area contributed by atoms with Gasteiger partial charge < -0.3 is 14.4 Å². The summed E-state index contributed by atoms with van der Waals surface area (Å²) in [6.45, 7) is 6.23. The van der Waals surface area contributed by atoms with Crippen molar-refractivity contribution in [3.63, 3.8) is 0 Å². The van der Waals surface area contributed by atoms with Crippen molar-refractivity contribution in [2.24, 2.45) is 5.92 Å². The Kier molecular flexibility index (Phi) is 4.70. The van der Waals surface area contributed by atoms with E-state index in [0.717, 1.165) is 25.7 Å². The van der Waals surface area contributed by atoms with Crippen LogP contribution in [-0.2, 0) is 4.74 Å². The van der Waals surface area contributed by atoms with E-state index < -0.39 is 5.60 Å². The number of piperidine rings is 1. The Balaban J connectivity index is 1.63. The first-order chi connectivity index (χ1) is 11.3. The summed E-state index contributed by atoms with van der Waals surface area (Å²) < 4.78 is 24.4. The zero-order valence-electron chi connectivity index (χ0n) is 14.6. The predicted molar refractivity (Wildman–Crippen MR) is 89.5 cm³/mol. The molecule has 2 saturated heterocycles. The molecule has 1 aromatic rings. The summed E-state index contributed by atoms with van der Waals surface area (Å²) in [4.78, 5) is 14.5. The van der Waals surface area contributed by atoms with Gasteiger partial charge in [0.25, 0.3) is 0 Å². The first-order valence-electron chi connectivity index (χ1n) is 8.73. The van der Waals surface area contributed by atoms with Crippen LogP contribution in [0.25, 0.3) is 0 Å². The van der Waals surface area contributed by atoms with Gasteiger partial charge in [0.1, 0.15) is 17.2 Å². The zero-order chi connectivity index (χ0) is 17.3. The van der Waals surface area contributed by atoms with E-state index in [9.17, 15) is 9.18 Å². The summed E-state index contributed by atoms with van der Waals surface area (Å²) in [6.07, 6.45) is 3.88. The number of nitrogens with zero attached hydrogens (tertiary/aromatic N) is 1. The summed E-state index contributed by atoms with van der Waals surface area (Å²) in [7, 11) is 0. The molecule has 24 heavy (non-hydrogen) atoms. The number of hydrogen-bond donors (Lipinski definition) is 0. The van der Waals surface area contributed by atoms with Gasteiger partial charge in [-0.25, -0.2) is 9.18 Å². The molecule has 1 amide bonds. The molecule has 0 N–H and O–H groups in total. The third-order valence-electron chi connectivity index (χ3n) is 4.84. The molecule has 5 heteroatoms. The largest absolute Gasteiger partial charge is 0.493 e. The molecule has 1 aromatic carbocycles. The van der Waals surface area contributed by atoms with Crippen molar-refractivity contribution in [2.45, 2.75) is 64.1 Å². The number of carbonyl (C=O) groups excluding carboxylic acids is 1. The monoisotopic (exact) mass is 335 g/mol. The van der Waals surface area contributed by atoms with Crippen LogP contribution >= 0.6 is 0 Å². The number of halogens is 1. The van der Waals surface area contributed by atoms with E-state index in [4.69, 9.17) is 9.47 Å². The molecule has 3 rings (SSSR count). The third-order valence-corrected chi connectivity index (χ3v) is 4.84. The van der Waals surface area contributed by atoms with Crippen LogP contribution in [0.2, 0.25) is 0 Å². The van der Waals surface area contributed by atoms with Crippen molar-refractivity contribution in [1.29, 1.82) is 0 Å². The highest BCUT2D eigenvalue weighted by molar-refractivity contribution is 5.69. The molecule has 2 bridgehead atoms. The molecule has 2 heterocycles. The number of benzene rings is 1. The second-order valence-corrected chi connectivity index (χ2v) is 7.79. The van der Waals surface area contributed by atoms with Gasteiger partial charge in [0.2, 0.25) is 0 Å². The summed E-state index contributed by atoms with van der Waals surface area (Å²) >= 11 is 0. The molecule has 3 atom stereocenters. The van der Waals surface area contributed by atoms with E-state index in [-0.39, 0.29) is 18.0 Å². The van der Waals surface area contributed by atoms with Gasteiger partial charge in [-0.3, -0.25) is 0 Å². The lowest BCUT2D eigenvalue weighted by molar-refractivity contribution is -0.00590. The standard InChI is InChI=1S/C19H26FNO3/c1-19(2,3)24-18(22)21-15-7-4-13(17(21)11-8-15)12-23-16-9-5-14(20)6-10-16/h5-6,9-10,13,15,17H,4,7-8,11-12H2,1-3H3/t13?,15-,17?/m1/s1. The van der Waals surface area contributed by atoms with Crippen LogP contribution < -0.4 is 4.74 Å². The SMILES string of the molecule is CC(C)(C)OC(=O)N1C2CC[C@H]1CCC2COc1ccc(F)cc1. The summed E-state index contributed by atoms with van der Waals surface area (Å²) in [6, 6.07) is 6.55. The fourth-order valence-corrected chi connectivity index (χ4v) is 3.78. The van der Waals surface area contributed by atoms with E-state index >= 15 is 0 Å². The summed E-state index contributed by atoms with van der Waals surface area (Å²) in [5, 5.41) is 0.